The first kappa shape index (κ1) is 20.4. The van der Waals surface area contributed by atoms with Crippen LogP contribution in [0.1, 0.15) is 38.2 Å². The second-order valence-corrected chi connectivity index (χ2v) is 9.95. The van der Waals surface area contributed by atoms with Gasteiger partial charge in [0.2, 0.25) is 5.75 Å². The molecule has 1 aromatic rings. The Labute approximate surface area is 180 Å². The first-order valence-electron chi connectivity index (χ1n) is 11.2. The summed E-state index contributed by atoms with van der Waals surface area (Å²) in [5.41, 5.74) is -0.353. The summed E-state index contributed by atoms with van der Waals surface area (Å²) < 4.78 is 0. The fourth-order valence-electron chi connectivity index (χ4n) is 6.90. The molecule has 0 radical (unpaired) electrons. The van der Waals surface area contributed by atoms with Gasteiger partial charge in [-0.1, -0.05) is 6.92 Å². The Balaban J connectivity index is 1.52. The number of likely N-dealkylation sites (tertiary alicyclic amines) is 1. The van der Waals surface area contributed by atoms with Crippen molar-refractivity contribution in [2.45, 2.75) is 57.3 Å². The van der Waals surface area contributed by atoms with Gasteiger partial charge in [-0.2, -0.15) is 0 Å². The van der Waals surface area contributed by atoms with Crippen molar-refractivity contribution in [2.24, 2.45) is 23.7 Å². The number of anilines is 1. The van der Waals surface area contributed by atoms with Gasteiger partial charge in [0, 0.05) is 12.1 Å². The van der Waals surface area contributed by atoms with E-state index in [2.05, 4.69) is 29.5 Å². The molecule has 3 heterocycles. The van der Waals surface area contributed by atoms with Gasteiger partial charge < -0.3 is 15.7 Å². The molecule has 4 aliphatic rings. The number of aromatic hydroxyl groups is 1. The van der Waals surface area contributed by atoms with Gasteiger partial charge in [0.15, 0.2) is 0 Å². The maximum Gasteiger partial charge on any atom is 0.319 e. The lowest BCUT2D eigenvalue weighted by Crippen LogP contribution is -2.68. The summed E-state index contributed by atoms with van der Waals surface area (Å²) >= 11 is 0. The van der Waals surface area contributed by atoms with Crippen LogP contribution >= 0.6 is 0 Å². The molecule has 1 aromatic carbocycles. The number of hydrogen-bond donors (Lipinski definition) is 3. The Kier molecular flexibility index (Phi) is 4.82. The highest BCUT2D eigenvalue weighted by molar-refractivity contribution is 5.77. The van der Waals surface area contributed by atoms with Crippen LogP contribution in [-0.4, -0.2) is 51.7 Å². The summed E-state index contributed by atoms with van der Waals surface area (Å²) in [6.07, 6.45) is 5.15. The second kappa shape index (κ2) is 7.30. The third-order valence-corrected chi connectivity index (χ3v) is 8.14. The van der Waals surface area contributed by atoms with Crippen LogP contribution in [0.4, 0.5) is 17.1 Å². The van der Waals surface area contributed by atoms with Crippen LogP contribution in [0.25, 0.3) is 0 Å². The minimum Gasteiger partial charge on any atom is -0.501 e. The van der Waals surface area contributed by atoms with Gasteiger partial charge in [-0.3, -0.25) is 25.1 Å². The molecule has 0 amide bonds. The molecule has 3 N–H and O–H groups in total. The van der Waals surface area contributed by atoms with Crippen LogP contribution in [0.5, 0.6) is 5.75 Å². The van der Waals surface area contributed by atoms with Gasteiger partial charge in [0.25, 0.3) is 5.69 Å². The first-order valence-corrected chi connectivity index (χ1v) is 11.2. The van der Waals surface area contributed by atoms with Crippen LogP contribution in [-0.2, 0) is 6.42 Å². The Morgan fingerprint density at radius 3 is 2.52 bits per heavy atom. The van der Waals surface area contributed by atoms with E-state index in [1.807, 2.05) is 0 Å². The van der Waals surface area contributed by atoms with Crippen LogP contribution < -0.4 is 10.6 Å². The smallest absolute Gasteiger partial charge is 0.319 e. The molecule has 3 aliphatic heterocycles. The fourth-order valence-corrected chi connectivity index (χ4v) is 6.90. The van der Waals surface area contributed by atoms with Gasteiger partial charge in [-0.15, -0.1) is 0 Å². The highest BCUT2D eigenvalue weighted by Gasteiger charge is 2.52. The van der Waals surface area contributed by atoms with E-state index in [1.54, 1.807) is 0 Å². The predicted octanol–water partition coefficient (Wildman–Crippen LogP) is 2.85. The van der Waals surface area contributed by atoms with E-state index in [0.717, 1.165) is 31.9 Å². The summed E-state index contributed by atoms with van der Waals surface area (Å²) in [4.78, 5) is 24.1. The van der Waals surface area contributed by atoms with Gasteiger partial charge >= 0.3 is 5.69 Å². The molecule has 31 heavy (non-hydrogen) atoms. The summed E-state index contributed by atoms with van der Waals surface area (Å²) in [7, 11) is 2.15. The average molecular weight is 431 g/mol. The number of nitro benzene ring substituents is 2. The highest BCUT2D eigenvalue weighted by Crippen LogP contribution is 2.52. The molecule has 0 aromatic heterocycles. The van der Waals surface area contributed by atoms with E-state index in [4.69, 9.17) is 0 Å². The molecular weight excluding hydrogens is 402 g/mol. The SMILES string of the molecule is CC1CNC2C(C1)CC1CCC3Cc4c([N+](=O)[O-])cc([N+](=O)[O-])c(O)c4NC3C1N2C. The second-order valence-electron chi connectivity index (χ2n) is 9.95. The van der Waals surface area contributed by atoms with Gasteiger partial charge in [-0.05, 0) is 69.4 Å². The number of phenolic OH excluding ortho intramolecular Hbond substituents is 1. The van der Waals surface area contributed by atoms with E-state index in [0.29, 0.717) is 35.9 Å². The quantitative estimate of drug-likeness (QED) is 0.370. The van der Waals surface area contributed by atoms with E-state index in [-0.39, 0.29) is 29.4 Å². The third-order valence-electron chi connectivity index (χ3n) is 8.14. The largest absolute Gasteiger partial charge is 0.501 e. The molecule has 7 atom stereocenters. The number of nitrogens with one attached hydrogen (secondary N) is 2. The van der Waals surface area contributed by atoms with Crippen LogP contribution in [0.2, 0.25) is 0 Å². The topological polar surface area (TPSA) is 134 Å². The fraction of sp³-hybridized carbons (Fsp3) is 0.714. The standard InChI is InChI=1S/C21H29N5O5/c1-10-5-13-6-12-4-3-11-7-14-15(25(28)29)8-16(26(30)31)20(27)18(14)23-17(11)19(12)24(2)21(13)22-9-10/h8,10-13,17,19,21-23,27H,3-7,9H2,1-2H3. The van der Waals surface area contributed by atoms with Crippen molar-refractivity contribution >= 4 is 17.1 Å². The predicted molar refractivity (Wildman–Crippen MR) is 114 cm³/mol. The Bertz CT molecular complexity index is 939. The summed E-state index contributed by atoms with van der Waals surface area (Å²) in [6.45, 7) is 3.28. The first-order chi connectivity index (χ1) is 14.8. The number of likely N-dealkylation sites (N-methyl/N-ethyl adjacent to an activating group) is 1. The van der Waals surface area contributed by atoms with Crippen LogP contribution in [0, 0.1) is 43.9 Å². The number of nitrogens with zero attached hydrogens (tertiary/aromatic N) is 3. The molecule has 0 bridgehead atoms. The Hall–Kier alpha value is -2.46. The third kappa shape index (κ3) is 3.15. The molecule has 10 nitrogen and oxygen atoms in total. The molecule has 1 aliphatic carbocycles. The van der Waals surface area contributed by atoms with Crippen molar-refractivity contribution in [3.8, 4) is 5.75 Å². The van der Waals surface area contributed by atoms with Crippen molar-refractivity contribution in [1.29, 1.82) is 0 Å². The lowest BCUT2D eigenvalue weighted by atomic mass is 9.64. The zero-order chi connectivity index (χ0) is 22.0. The number of phenols is 1. The van der Waals surface area contributed by atoms with Crippen molar-refractivity contribution < 1.29 is 15.0 Å². The highest BCUT2D eigenvalue weighted by atomic mass is 16.6. The van der Waals surface area contributed by atoms with Crippen LogP contribution in [0.15, 0.2) is 6.07 Å². The van der Waals surface area contributed by atoms with Crippen molar-refractivity contribution in [2.75, 3.05) is 18.9 Å². The molecule has 7 unspecified atom stereocenters. The minimum absolute atomic E-state index is 0.00846. The summed E-state index contributed by atoms with van der Waals surface area (Å²) in [5, 5.41) is 40.7. The van der Waals surface area contributed by atoms with E-state index in [1.165, 1.54) is 6.42 Å². The molecule has 5 rings (SSSR count). The zero-order valence-corrected chi connectivity index (χ0v) is 17.8. The zero-order valence-electron chi connectivity index (χ0n) is 17.8. The number of nitro groups is 2. The lowest BCUT2D eigenvalue weighted by Gasteiger charge is -2.58. The van der Waals surface area contributed by atoms with Gasteiger partial charge in [-0.25, -0.2) is 0 Å². The number of benzene rings is 1. The summed E-state index contributed by atoms with van der Waals surface area (Å²) in [5.74, 6) is 1.48. The number of piperidine rings is 2. The van der Waals surface area contributed by atoms with Crippen molar-refractivity contribution in [3.63, 3.8) is 0 Å². The average Bonchev–Trinajstić information content (AvgIpc) is 2.72. The van der Waals surface area contributed by atoms with E-state index >= 15 is 0 Å². The molecule has 10 heteroatoms. The van der Waals surface area contributed by atoms with Crippen molar-refractivity contribution in [1.82, 2.24) is 10.2 Å². The number of rotatable bonds is 2. The monoisotopic (exact) mass is 431 g/mol. The number of hydrogen-bond acceptors (Lipinski definition) is 8. The number of fused-ring (bicyclic) bond motifs is 5. The van der Waals surface area contributed by atoms with Gasteiger partial charge in [0.1, 0.15) is 0 Å². The Morgan fingerprint density at radius 2 is 1.81 bits per heavy atom. The molecule has 2 saturated heterocycles. The lowest BCUT2D eigenvalue weighted by molar-refractivity contribution is -0.395. The minimum atomic E-state index is -0.759. The summed E-state index contributed by atoms with van der Waals surface area (Å²) in [6, 6.07) is 1.10. The van der Waals surface area contributed by atoms with Crippen molar-refractivity contribution in [3.05, 3.63) is 31.9 Å². The molecule has 3 fully saturated rings. The molecular formula is C21H29N5O5. The molecule has 0 spiro atoms. The normalized spacial score (nSPS) is 36.9. The maximum absolute atomic E-state index is 11.6. The molecule has 1 saturated carbocycles. The van der Waals surface area contributed by atoms with Crippen LogP contribution in [0.3, 0.4) is 0 Å². The molecule has 168 valence electrons. The van der Waals surface area contributed by atoms with Gasteiger partial charge in [0.05, 0.1) is 33.3 Å². The van der Waals surface area contributed by atoms with E-state index < -0.39 is 21.3 Å². The Morgan fingerprint density at radius 1 is 1.10 bits per heavy atom. The van der Waals surface area contributed by atoms with E-state index in [9.17, 15) is 25.3 Å². The maximum atomic E-state index is 11.6.